The van der Waals surface area contributed by atoms with E-state index in [1.165, 1.54) is 24.3 Å². The molecule has 0 heterocycles. The van der Waals surface area contributed by atoms with Gasteiger partial charge in [-0.05, 0) is 24.3 Å². The maximum Gasteiger partial charge on any atom is 1.00 e. The van der Waals surface area contributed by atoms with E-state index >= 15 is 0 Å². The van der Waals surface area contributed by atoms with Gasteiger partial charge in [-0.25, -0.2) is 0 Å². The van der Waals surface area contributed by atoms with E-state index in [0.717, 1.165) is 0 Å². The van der Waals surface area contributed by atoms with Gasteiger partial charge in [0.05, 0.1) is 11.4 Å². The third-order valence-electron chi connectivity index (χ3n) is 4.54. The van der Waals surface area contributed by atoms with Crippen molar-refractivity contribution in [3.63, 3.8) is 0 Å². The zero-order chi connectivity index (χ0) is 21.5. The van der Waals surface area contributed by atoms with Crippen LogP contribution in [0.4, 0.5) is 11.4 Å². The normalized spacial score (nSPS) is 12.3. The zero-order valence-corrected chi connectivity index (χ0v) is 19.8. The predicted octanol–water partition coefficient (Wildman–Crippen LogP) is 1.91. The Hall–Kier alpha value is -2.18. The van der Waals surface area contributed by atoms with Gasteiger partial charge in [-0.1, -0.05) is 48.5 Å². The van der Waals surface area contributed by atoms with Crippen LogP contribution in [0.2, 0.25) is 0 Å². The number of nitrogens with zero attached hydrogens (tertiary/aromatic N) is 2. The van der Waals surface area contributed by atoms with Crippen LogP contribution in [-0.4, -0.2) is 25.9 Å². The van der Waals surface area contributed by atoms with Gasteiger partial charge in [-0.15, -0.1) is 10.2 Å². The molecule has 11 heteroatoms. The quantitative estimate of drug-likeness (QED) is 0.269. The van der Waals surface area contributed by atoms with Crippen molar-refractivity contribution in [3.8, 4) is 0 Å². The van der Waals surface area contributed by atoms with Crippen molar-refractivity contribution >= 4 is 53.2 Å². The summed E-state index contributed by atoms with van der Waals surface area (Å²) in [6, 6.07) is 18.4. The van der Waals surface area contributed by atoms with Gasteiger partial charge in [0, 0.05) is 21.5 Å². The zero-order valence-electron chi connectivity index (χ0n) is 16.2. The number of benzene rings is 4. The van der Waals surface area contributed by atoms with Gasteiger partial charge in [-0.2, -0.15) is 16.8 Å². The molecule has 0 fully saturated rings. The van der Waals surface area contributed by atoms with Crippen LogP contribution in [0.15, 0.2) is 92.8 Å². The predicted molar refractivity (Wildman–Crippen MR) is 112 cm³/mol. The molecule has 0 radical (unpaired) electrons. The summed E-state index contributed by atoms with van der Waals surface area (Å²) >= 11 is 0. The molecular formula is C20H14N2NaO6S2+. The van der Waals surface area contributed by atoms with Crippen LogP contribution >= 0.6 is 0 Å². The topological polar surface area (TPSA) is 133 Å². The summed E-state index contributed by atoms with van der Waals surface area (Å²) in [6.45, 7) is 0. The molecular weight excluding hydrogens is 451 g/mol. The number of fused-ring (bicyclic) bond motifs is 2. The van der Waals surface area contributed by atoms with Crippen LogP contribution in [-0.2, 0) is 20.2 Å². The van der Waals surface area contributed by atoms with E-state index in [2.05, 4.69) is 10.2 Å². The fourth-order valence-electron chi connectivity index (χ4n) is 3.24. The van der Waals surface area contributed by atoms with Gasteiger partial charge < -0.3 is 0 Å². The van der Waals surface area contributed by atoms with E-state index < -0.39 is 20.2 Å². The third-order valence-corrected chi connectivity index (χ3v) is 6.37. The maximum absolute atomic E-state index is 11.6. The van der Waals surface area contributed by atoms with Crippen molar-refractivity contribution in [1.82, 2.24) is 0 Å². The van der Waals surface area contributed by atoms with E-state index in [4.69, 9.17) is 0 Å². The summed E-state index contributed by atoms with van der Waals surface area (Å²) in [6.07, 6.45) is 0. The second-order valence-corrected chi connectivity index (χ2v) is 9.19. The second kappa shape index (κ2) is 8.75. The number of hydrogen-bond acceptors (Lipinski definition) is 6. The van der Waals surface area contributed by atoms with E-state index in [9.17, 15) is 25.9 Å². The van der Waals surface area contributed by atoms with E-state index in [0.29, 0.717) is 32.9 Å². The van der Waals surface area contributed by atoms with E-state index in [1.54, 1.807) is 48.5 Å². The minimum Gasteiger partial charge on any atom is -0.282 e. The van der Waals surface area contributed by atoms with E-state index in [-0.39, 0.29) is 39.3 Å². The summed E-state index contributed by atoms with van der Waals surface area (Å²) in [5.74, 6) is 0. The number of rotatable bonds is 4. The van der Waals surface area contributed by atoms with Crippen molar-refractivity contribution in [2.24, 2.45) is 10.2 Å². The van der Waals surface area contributed by atoms with Crippen LogP contribution < -0.4 is 29.6 Å². The Bertz CT molecular complexity index is 1430. The Morgan fingerprint density at radius 2 is 0.839 bits per heavy atom. The summed E-state index contributed by atoms with van der Waals surface area (Å²) in [7, 11) is -8.83. The Kier molecular flexibility index (Phi) is 6.63. The Morgan fingerprint density at radius 1 is 0.516 bits per heavy atom. The smallest absolute Gasteiger partial charge is 0.282 e. The Morgan fingerprint density at radius 3 is 1.16 bits per heavy atom. The molecule has 0 amide bonds. The van der Waals surface area contributed by atoms with Crippen molar-refractivity contribution in [3.05, 3.63) is 72.8 Å². The van der Waals surface area contributed by atoms with Gasteiger partial charge in [0.1, 0.15) is 9.79 Å². The van der Waals surface area contributed by atoms with Crippen LogP contribution in [0.1, 0.15) is 0 Å². The van der Waals surface area contributed by atoms with Crippen molar-refractivity contribution in [1.29, 1.82) is 0 Å². The molecule has 0 spiro atoms. The molecule has 4 aromatic carbocycles. The van der Waals surface area contributed by atoms with Gasteiger partial charge in [0.25, 0.3) is 20.2 Å². The molecule has 0 aliphatic carbocycles. The number of azo groups is 1. The van der Waals surface area contributed by atoms with Gasteiger partial charge in [0.2, 0.25) is 0 Å². The van der Waals surface area contributed by atoms with Gasteiger partial charge >= 0.3 is 29.6 Å². The summed E-state index contributed by atoms with van der Waals surface area (Å²) < 4.78 is 65.4. The first-order chi connectivity index (χ1) is 14.2. The minimum atomic E-state index is -4.41. The molecule has 0 saturated heterocycles. The van der Waals surface area contributed by atoms with Crippen LogP contribution in [0.3, 0.4) is 0 Å². The van der Waals surface area contributed by atoms with Gasteiger partial charge in [0.15, 0.2) is 0 Å². The SMILES string of the molecule is O=S(=O)(O)c1ccc(N=Nc2ccc(S(=O)(=O)O)c3ccccc23)c2ccccc12.[Na+]. The molecule has 152 valence electrons. The van der Waals surface area contributed by atoms with Gasteiger partial charge in [-0.3, -0.25) is 9.11 Å². The molecule has 8 nitrogen and oxygen atoms in total. The summed E-state index contributed by atoms with van der Waals surface area (Å²) in [5.41, 5.74) is 0.724. The first-order valence-electron chi connectivity index (χ1n) is 8.56. The molecule has 0 aliphatic rings. The largest absolute Gasteiger partial charge is 1.00 e. The fraction of sp³-hybridized carbons (Fsp3) is 0. The summed E-state index contributed by atoms with van der Waals surface area (Å²) in [5, 5.41) is 9.94. The molecule has 0 aliphatic heterocycles. The molecule has 4 rings (SSSR count). The molecule has 31 heavy (non-hydrogen) atoms. The molecule has 0 atom stereocenters. The Balaban J connectivity index is 0.00000272. The minimum absolute atomic E-state index is 0. The fourth-order valence-corrected chi connectivity index (χ4v) is 4.63. The Labute approximate surface area is 200 Å². The average molecular weight is 465 g/mol. The second-order valence-electron chi connectivity index (χ2n) is 6.41. The monoisotopic (exact) mass is 465 g/mol. The molecule has 0 unspecified atom stereocenters. The van der Waals surface area contributed by atoms with Crippen molar-refractivity contribution < 1.29 is 55.5 Å². The third kappa shape index (κ3) is 4.70. The van der Waals surface area contributed by atoms with E-state index in [1.807, 2.05) is 0 Å². The average Bonchev–Trinajstić information content (AvgIpc) is 2.70. The van der Waals surface area contributed by atoms with Crippen molar-refractivity contribution in [2.75, 3.05) is 0 Å². The first kappa shape index (κ1) is 23.5. The standard InChI is InChI=1S/C20H14N2O6S2.Na/c23-29(24,25)19-11-9-17(13-5-1-3-7-15(13)19)21-22-18-10-12-20(30(26,27)28)16-8-4-2-6-14(16)18;/h1-12H,(H,23,24,25)(H,26,27,28);/q;+1. The molecule has 4 aromatic rings. The van der Waals surface area contributed by atoms with Crippen LogP contribution in [0.5, 0.6) is 0 Å². The number of hydrogen-bond donors (Lipinski definition) is 2. The van der Waals surface area contributed by atoms with Crippen LogP contribution in [0, 0.1) is 0 Å². The maximum atomic E-state index is 11.6. The first-order valence-corrected chi connectivity index (χ1v) is 11.4. The molecule has 0 saturated carbocycles. The summed E-state index contributed by atoms with van der Waals surface area (Å²) in [4.78, 5) is -0.472. The van der Waals surface area contributed by atoms with Crippen LogP contribution in [0.25, 0.3) is 21.5 Å². The van der Waals surface area contributed by atoms with Crippen molar-refractivity contribution in [2.45, 2.75) is 9.79 Å². The molecule has 2 N–H and O–H groups in total. The molecule has 0 aromatic heterocycles. The molecule has 0 bridgehead atoms.